The molecule has 3 aromatic carbocycles. The lowest BCUT2D eigenvalue weighted by molar-refractivity contribution is -0.139. The van der Waals surface area contributed by atoms with Gasteiger partial charge in [-0.2, -0.15) is 0 Å². The Labute approximate surface area is 639 Å². The van der Waals surface area contributed by atoms with E-state index in [1.54, 1.807) is 43.7 Å². The quantitative estimate of drug-likeness (QED) is 0.0229. The number of carboxylic acids is 3. The van der Waals surface area contributed by atoms with E-state index < -0.39 is 65.6 Å². The highest BCUT2D eigenvalue weighted by molar-refractivity contribution is 7.12. The summed E-state index contributed by atoms with van der Waals surface area (Å²) in [7, 11) is 2.57. The van der Waals surface area contributed by atoms with Gasteiger partial charge in [-0.25, -0.2) is 38.1 Å². The standard InChI is InChI=1S/C24H26Cl2N4O5S.2C23H24ClFN4O5S/c1-2-34-24(33)20-18(13-30-8-9-35-15(12-30)4-6-19(31)32)28-22(23-27-7-10-36-23)29-21(20)16-5-3-14(25)11-17(16)26;2*1-33-23(32)19-17(12-29-7-8-34-14(11-29)3-5-18(30)31)27-21(22-26-6-9-35-22)28-20(19)15-4-2-13(25)10-16(15)24/h3,5,7,10-11,15,21H,2,4,6,8-9,12-13H2,1H3,(H,28,29)(H,31,32);2*2,4,6,9-10,14,20H,3,5,7-8,11-12H2,1H3,(H,27,28)(H,30,31)/t15-,21+;14-,20+;14-,20-/m110/s1. The van der Waals surface area contributed by atoms with Crippen molar-refractivity contribution < 1.29 is 81.3 Å². The molecule has 106 heavy (non-hydrogen) atoms. The fourth-order valence-corrected chi connectivity index (χ4v) is 15.1. The summed E-state index contributed by atoms with van der Waals surface area (Å²) in [6.07, 6.45) is 5.56. The predicted molar refractivity (Wildman–Crippen MR) is 394 cm³/mol. The largest absolute Gasteiger partial charge is 0.481 e. The zero-order valence-corrected chi connectivity index (χ0v) is 62.8. The number of carbonyl (C=O) groups excluding carboxylic acids is 3. The highest BCUT2D eigenvalue weighted by atomic mass is 35.5. The Morgan fingerprint density at radius 1 is 0.509 bits per heavy atom. The van der Waals surface area contributed by atoms with Crippen molar-refractivity contribution in [1.29, 1.82) is 0 Å². The van der Waals surface area contributed by atoms with Crippen molar-refractivity contribution in [3.05, 3.63) is 187 Å². The van der Waals surface area contributed by atoms with Crippen molar-refractivity contribution in [2.24, 2.45) is 15.0 Å². The molecule has 6 aliphatic heterocycles. The van der Waals surface area contributed by atoms with E-state index in [0.29, 0.717) is 180 Å². The van der Waals surface area contributed by atoms with Crippen LogP contribution in [0.2, 0.25) is 20.1 Å². The van der Waals surface area contributed by atoms with Crippen LogP contribution < -0.4 is 16.0 Å². The van der Waals surface area contributed by atoms with E-state index in [9.17, 15) is 37.5 Å². The van der Waals surface area contributed by atoms with Gasteiger partial charge in [-0.05, 0) is 62.6 Å². The highest BCUT2D eigenvalue weighted by Gasteiger charge is 2.39. The molecule has 3 aromatic heterocycles. The number of methoxy groups -OCH3 is 2. The van der Waals surface area contributed by atoms with Crippen LogP contribution in [0.5, 0.6) is 0 Å². The Bertz CT molecular complexity index is 4160. The third-order valence-corrected chi connectivity index (χ3v) is 20.8. The summed E-state index contributed by atoms with van der Waals surface area (Å²) < 4.78 is 60.4. The molecule has 0 amide bonds. The summed E-state index contributed by atoms with van der Waals surface area (Å²) in [5.41, 5.74) is 4.16. The minimum absolute atomic E-state index is 0.0128. The number of esters is 3. The van der Waals surface area contributed by atoms with Crippen molar-refractivity contribution in [1.82, 2.24) is 45.6 Å². The number of hydrogen-bond donors (Lipinski definition) is 6. The number of hydrogen-bond acceptors (Lipinski definition) is 27. The molecule has 12 rings (SSSR count). The van der Waals surface area contributed by atoms with Gasteiger partial charge in [-0.1, -0.05) is 64.6 Å². The molecule has 564 valence electrons. The van der Waals surface area contributed by atoms with E-state index >= 15 is 0 Å². The minimum Gasteiger partial charge on any atom is -0.481 e. The first-order chi connectivity index (χ1) is 51.1. The number of carboxylic acid groups (broad SMARTS) is 3. The normalized spacial score (nSPS) is 20.7. The molecule has 0 saturated carbocycles. The maximum atomic E-state index is 13.8. The molecule has 0 radical (unpaired) electrons. The number of aliphatic carboxylic acids is 3. The van der Waals surface area contributed by atoms with Gasteiger partial charge in [0.15, 0.2) is 32.5 Å². The van der Waals surface area contributed by atoms with Gasteiger partial charge in [0.05, 0.1) is 75.7 Å². The number of nitrogens with one attached hydrogen (secondary N) is 3. The van der Waals surface area contributed by atoms with Crippen LogP contribution in [0.1, 0.15) is 95.3 Å². The van der Waals surface area contributed by atoms with E-state index in [2.05, 4.69) is 45.6 Å². The van der Waals surface area contributed by atoms with Crippen molar-refractivity contribution in [2.75, 3.05) is 99.5 Å². The van der Waals surface area contributed by atoms with Crippen LogP contribution in [-0.2, 0) is 57.2 Å². The van der Waals surface area contributed by atoms with Crippen LogP contribution in [0, 0.1) is 11.6 Å². The lowest BCUT2D eigenvalue weighted by atomic mass is 9.95. The number of ether oxygens (including phenoxy) is 6. The van der Waals surface area contributed by atoms with Crippen LogP contribution in [-0.4, -0.2) is 216 Å². The van der Waals surface area contributed by atoms with Gasteiger partial charge in [0.2, 0.25) is 0 Å². The summed E-state index contributed by atoms with van der Waals surface area (Å²) in [4.78, 5) is 106. The Morgan fingerprint density at radius 2 is 0.840 bits per heavy atom. The third-order valence-electron chi connectivity index (χ3n) is 17.2. The van der Waals surface area contributed by atoms with E-state index in [-0.39, 0.29) is 65.4 Å². The molecule has 9 heterocycles. The first-order valence-corrected chi connectivity index (χ1v) is 37.5. The maximum absolute atomic E-state index is 13.8. The van der Waals surface area contributed by atoms with Gasteiger partial charge in [0.25, 0.3) is 0 Å². The SMILES string of the molecule is CCOC(=O)C1=C(CN2CCO[C@H](CCC(=O)O)C2)NC(c2nccs2)=N[C@H]1c1ccc(Cl)cc1Cl.COC(=O)C1=C(CN2CCO[C@@H](CCC(=O)O)C2)NC(c2nccs2)=N[C@H]1c1ccc(F)cc1Cl.COC(=O)C1=C(CN2CCO[C@H](CCC(=O)O)C2)NC(c2nccs2)=N[C@H]1c1ccc(F)cc1Cl. The van der Waals surface area contributed by atoms with E-state index in [1.807, 2.05) is 16.1 Å². The first kappa shape index (κ1) is 80.3. The second-order valence-corrected chi connectivity index (χ2v) is 28.7. The maximum Gasteiger partial charge on any atom is 0.338 e. The monoisotopic (exact) mass is 1600 g/mol. The number of thiazole rings is 3. The topological polar surface area (TPSA) is 340 Å². The molecule has 6 aliphatic rings. The zero-order chi connectivity index (χ0) is 75.6. The lowest BCUT2D eigenvalue weighted by Crippen LogP contribution is -2.46. The Morgan fingerprint density at radius 3 is 1.13 bits per heavy atom. The molecule has 3 fully saturated rings. The van der Waals surface area contributed by atoms with Crippen LogP contribution in [0.3, 0.4) is 0 Å². The number of aromatic nitrogens is 3. The van der Waals surface area contributed by atoms with Gasteiger partial charge in [-0.15, -0.1) is 34.0 Å². The number of aliphatic imine (C=N–C) groups is 3. The van der Waals surface area contributed by atoms with Gasteiger partial charge in [0.1, 0.15) is 29.8 Å². The van der Waals surface area contributed by atoms with Crippen LogP contribution in [0.15, 0.2) is 138 Å². The molecule has 6 N–H and O–H groups in total. The van der Waals surface area contributed by atoms with Crippen molar-refractivity contribution in [3.8, 4) is 0 Å². The molecule has 0 unspecified atom stereocenters. The Kier molecular flexibility index (Phi) is 29.2. The van der Waals surface area contributed by atoms with Crippen LogP contribution in [0.4, 0.5) is 8.78 Å². The number of amidine groups is 3. The van der Waals surface area contributed by atoms with Gasteiger partial charge in [0, 0.05) is 167 Å². The molecular weight excluding hydrogens is 1520 g/mol. The van der Waals surface area contributed by atoms with Gasteiger partial charge in [-0.3, -0.25) is 44.1 Å². The Balaban J connectivity index is 0.000000170. The number of benzene rings is 3. The highest BCUT2D eigenvalue weighted by Crippen LogP contribution is 2.41. The minimum atomic E-state index is -0.876. The van der Waals surface area contributed by atoms with Crippen molar-refractivity contribution in [3.63, 3.8) is 0 Å². The number of nitrogens with zero attached hydrogens (tertiary/aromatic N) is 9. The average molecular weight is 1600 g/mol. The number of halogens is 6. The van der Waals surface area contributed by atoms with E-state index in [4.69, 9.17) is 105 Å². The second-order valence-electron chi connectivity index (χ2n) is 24.4. The fourth-order valence-electron chi connectivity index (χ4n) is 12.3. The molecule has 0 spiro atoms. The molecular formula is C70H74Cl4F2N12O15S3. The smallest absolute Gasteiger partial charge is 0.338 e. The van der Waals surface area contributed by atoms with Crippen LogP contribution in [0.25, 0.3) is 0 Å². The second kappa shape index (κ2) is 38.5. The zero-order valence-electron chi connectivity index (χ0n) is 57.3. The fraction of sp³-hybridized carbons (Fsp3) is 0.400. The summed E-state index contributed by atoms with van der Waals surface area (Å²) >= 11 is 29.6. The van der Waals surface area contributed by atoms with E-state index in [0.717, 1.165) is 0 Å². The Hall–Kier alpha value is -8.22. The first-order valence-electron chi connectivity index (χ1n) is 33.4. The van der Waals surface area contributed by atoms with E-state index in [1.165, 1.54) is 84.6 Å². The van der Waals surface area contributed by atoms with Gasteiger partial charge >= 0.3 is 35.8 Å². The van der Waals surface area contributed by atoms with Crippen molar-refractivity contribution in [2.45, 2.75) is 81.9 Å². The lowest BCUT2D eigenvalue weighted by Gasteiger charge is -2.35. The van der Waals surface area contributed by atoms with Gasteiger partial charge < -0.3 is 59.7 Å². The summed E-state index contributed by atoms with van der Waals surface area (Å²) in [5.74, 6) is -3.82. The van der Waals surface area contributed by atoms with Crippen molar-refractivity contribution >= 4 is 134 Å². The molecule has 0 bridgehead atoms. The molecule has 0 aliphatic carbocycles. The number of morpholine rings is 3. The number of rotatable bonds is 25. The summed E-state index contributed by atoms with van der Waals surface area (Å²) in [6.45, 7) is 7.67. The van der Waals surface area contributed by atoms with Crippen LogP contribution >= 0.6 is 80.4 Å². The third kappa shape index (κ3) is 21.6. The molecule has 6 aromatic rings. The molecule has 6 atom stereocenters. The summed E-state index contributed by atoms with van der Waals surface area (Å²) in [5, 5.41) is 45.4. The molecule has 3 saturated heterocycles. The average Bonchev–Trinajstić information content (AvgIpc) is 0.960. The summed E-state index contributed by atoms with van der Waals surface area (Å²) in [6, 6.07) is 10.6. The predicted octanol–water partition coefficient (Wildman–Crippen LogP) is 9.96. The number of carbonyl (C=O) groups is 6. The molecule has 36 heteroatoms. The molecule has 27 nitrogen and oxygen atoms in total.